The van der Waals surface area contributed by atoms with Gasteiger partial charge in [-0.05, 0) is 60.9 Å². The fourth-order valence-corrected chi connectivity index (χ4v) is 4.81. The van der Waals surface area contributed by atoms with E-state index in [4.69, 9.17) is 9.47 Å². The summed E-state index contributed by atoms with van der Waals surface area (Å²) in [6, 6.07) is 23.9. The summed E-state index contributed by atoms with van der Waals surface area (Å²) >= 11 is 0. The van der Waals surface area contributed by atoms with E-state index in [1.165, 1.54) is 5.56 Å². The number of hydrogen-bond donors (Lipinski definition) is 1. The number of nitrogens with zero attached hydrogens (tertiary/aromatic N) is 1. The van der Waals surface area contributed by atoms with Crippen molar-refractivity contribution in [1.29, 1.82) is 0 Å². The lowest BCUT2D eigenvalue weighted by Crippen LogP contribution is -2.41. The Balaban J connectivity index is 1.09. The fraction of sp³-hybridized carbons (Fsp3) is 0.310. The molecule has 2 amide bonds. The first kappa shape index (κ1) is 23.0. The van der Waals surface area contributed by atoms with Crippen molar-refractivity contribution in [2.45, 2.75) is 25.7 Å². The maximum absolute atomic E-state index is 12.8. The molecule has 3 aromatic rings. The first-order valence-corrected chi connectivity index (χ1v) is 12.3. The Hall–Kier alpha value is -3.80. The maximum atomic E-state index is 12.8. The molecule has 0 atom stereocenters. The molecule has 1 saturated heterocycles. The highest BCUT2D eigenvalue weighted by Gasteiger charge is 2.23. The molecule has 0 aromatic heterocycles. The molecule has 0 aliphatic carbocycles. The second-order valence-electron chi connectivity index (χ2n) is 9.18. The van der Waals surface area contributed by atoms with Crippen LogP contribution in [-0.2, 0) is 16.0 Å². The van der Waals surface area contributed by atoms with Gasteiger partial charge in [-0.2, -0.15) is 0 Å². The molecule has 180 valence electrons. The van der Waals surface area contributed by atoms with Crippen molar-refractivity contribution < 1.29 is 19.1 Å². The highest BCUT2D eigenvalue weighted by Crippen LogP contribution is 2.31. The second-order valence-corrected chi connectivity index (χ2v) is 9.18. The second kappa shape index (κ2) is 10.6. The van der Waals surface area contributed by atoms with E-state index in [1.54, 1.807) is 0 Å². The zero-order valence-corrected chi connectivity index (χ0v) is 19.7. The number of piperidine rings is 1. The van der Waals surface area contributed by atoms with Gasteiger partial charge in [0.2, 0.25) is 0 Å². The van der Waals surface area contributed by atoms with Gasteiger partial charge >= 0.3 is 0 Å². The quantitative estimate of drug-likeness (QED) is 0.531. The van der Waals surface area contributed by atoms with Crippen LogP contribution in [0.2, 0.25) is 0 Å². The highest BCUT2D eigenvalue weighted by atomic mass is 16.5. The SMILES string of the molecule is O=C1COc2ccc(CCC3CCN(C(=O)COc4ccccc4-c4ccccc4)CC3)cc2N1. The zero-order chi connectivity index (χ0) is 24.0. The van der Waals surface area contributed by atoms with Crippen LogP contribution in [0.15, 0.2) is 72.8 Å². The number of hydrogen-bond acceptors (Lipinski definition) is 4. The number of fused-ring (bicyclic) bond motifs is 1. The number of amides is 2. The monoisotopic (exact) mass is 470 g/mol. The molecular weight excluding hydrogens is 440 g/mol. The molecule has 1 fully saturated rings. The molecule has 1 N–H and O–H groups in total. The highest BCUT2D eigenvalue weighted by molar-refractivity contribution is 5.95. The summed E-state index contributed by atoms with van der Waals surface area (Å²) < 4.78 is 11.4. The van der Waals surface area contributed by atoms with Gasteiger partial charge in [0.1, 0.15) is 11.5 Å². The molecule has 2 aliphatic heterocycles. The van der Waals surface area contributed by atoms with Crippen LogP contribution in [0.25, 0.3) is 11.1 Å². The van der Waals surface area contributed by atoms with Gasteiger partial charge in [0, 0.05) is 18.7 Å². The summed E-state index contributed by atoms with van der Waals surface area (Å²) in [7, 11) is 0. The number of carbonyl (C=O) groups is 2. The summed E-state index contributed by atoms with van der Waals surface area (Å²) in [5.74, 6) is 1.97. The van der Waals surface area contributed by atoms with Crippen LogP contribution in [0.4, 0.5) is 5.69 Å². The Morgan fingerprint density at radius 2 is 1.77 bits per heavy atom. The van der Waals surface area contributed by atoms with E-state index >= 15 is 0 Å². The van der Waals surface area contributed by atoms with Crippen molar-refractivity contribution in [2.24, 2.45) is 5.92 Å². The average Bonchev–Trinajstić information content (AvgIpc) is 2.91. The Bertz CT molecular complexity index is 1190. The third-order valence-electron chi connectivity index (χ3n) is 6.81. The van der Waals surface area contributed by atoms with E-state index in [-0.39, 0.29) is 25.0 Å². The smallest absolute Gasteiger partial charge is 0.262 e. The van der Waals surface area contributed by atoms with Gasteiger partial charge in [-0.1, -0.05) is 54.6 Å². The number of likely N-dealkylation sites (tertiary alicyclic amines) is 1. The van der Waals surface area contributed by atoms with Crippen LogP contribution in [-0.4, -0.2) is 43.0 Å². The van der Waals surface area contributed by atoms with Gasteiger partial charge in [-0.3, -0.25) is 9.59 Å². The van der Waals surface area contributed by atoms with E-state index in [0.29, 0.717) is 5.92 Å². The number of aryl methyl sites for hydroxylation is 1. The van der Waals surface area contributed by atoms with Crippen molar-refractivity contribution >= 4 is 17.5 Å². The number of ether oxygens (including phenoxy) is 2. The fourth-order valence-electron chi connectivity index (χ4n) is 4.81. The number of nitrogens with one attached hydrogen (secondary N) is 1. The van der Waals surface area contributed by atoms with Crippen molar-refractivity contribution in [3.8, 4) is 22.6 Å². The lowest BCUT2D eigenvalue weighted by molar-refractivity contribution is -0.134. The van der Waals surface area contributed by atoms with Crippen molar-refractivity contribution in [1.82, 2.24) is 4.90 Å². The molecule has 5 rings (SSSR count). The molecule has 2 aliphatic rings. The van der Waals surface area contributed by atoms with Gasteiger partial charge in [0.25, 0.3) is 11.8 Å². The minimum Gasteiger partial charge on any atom is -0.483 e. The van der Waals surface area contributed by atoms with Crippen molar-refractivity contribution in [3.63, 3.8) is 0 Å². The van der Waals surface area contributed by atoms with Crippen molar-refractivity contribution in [2.75, 3.05) is 31.6 Å². The van der Waals surface area contributed by atoms with E-state index in [2.05, 4.69) is 11.4 Å². The van der Waals surface area contributed by atoms with Crippen LogP contribution < -0.4 is 14.8 Å². The molecule has 6 nitrogen and oxygen atoms in total. The van der Waals surface area contributed by atoms with Gasteiger partial charge in [-0.15, -0.1) is 0 Å². The van der Waals surface area contributed by atoms with Crippen LogP contribution in [0.3, 0.4) is 0 Å². The third kappa shape index (κ3) is 5.65. The number of para-hydroxylation sites is 1. The summed E-state index contributed by atoms with van der Waals surface area (Å²) in [6.07, 6.45) is 4.01. The minimum atomic E-state index is -0.112. The van der Waals surface area contributed by atoms with Gasteiger partial charge in [-0.25, -0.2) is 0 Å². The first-order chi connectivity index (χ1) is 17.2. The Kier molecular flexibility index (Phi) is 6.98. The van der Waals surface area contributed by atoms with E-state index in [9.17, 15) is 9.59 Å². The maximum Gasteiger partial charge on any atom is 0.262 e. The van der Waals surface area contributed by atoms with Gasteiger partial charge in [0.05, 0.1) is 5.69 Å². The summed E-state index contributed by atoms with van der Waals surface area (Å²) in [5, 5.41) is 2.87. The number of rotatable bonds is 7. The standard InChI is InChI=1S/C29H30N2O4/c32-28-19-34-27-13-12-22(18-25(27)30-28)11-10-21-14-16-31(17-15-21)29(33)20-35-26-9-5-4-8-24(26)23-6-2-1-3-7-23/h1-9,12-13,18,21H,10-11,14-17,19-20H2,(H,30,32). The third-order valence-corrected chi connectivity index (χ3v) is 6.81. The molecule has 3 aromatic carbocycles. The van der Waals surface area contributed by atoms with Crippen molar-refractivity contribution in [3.05, 3.63) is 78.4 Å². The molecule has 0 spiro atoms. The summed E-state index contributed by atoms with van der Waals surface area (Å²) in [4.78, 5) is 26.3. The Morgan fingerprint density at radius 3 is 2.60 bits per heavy atom. The normalized spacial score (nSPS) is 15.7. The van der Waals surface area contributed by atoms with Gasteiger partial charge < -0.3 is 19.7 Å². The average molecular weight is 471 g/mol. The van der Waals surface area contributed by atoms with E-state index in [0.717, 1.165) is 67.1 Å². The Labute approximate surface area is 205 Å². The van der Waals surface area contributed by atoms with E-state index < -0.39 is 0 Å². The molecule has 0 radical (unpaired) electrons. The molecule has 2 heterocycles. The van der Waals surface area contributed by atoms with Crippen LogP contribution in [0, 0.1) is 5.92 Å². The van der Waals surface area contributed by atoms with Crippen LogP contribution in [0.1, 0.15) is 24.8 Å². The topological polar surface area (TPSA) is 67.9 Å². The number of carbonyl (C=O) groups excluding carboxylic acids is 2. The minimum absolute atomic E-state index is 0.0387. The molecule has 6 heteroatoms. The predicted octanol–water partition coefficient (Wildman–Crippen LogP) is 4.93. The number of benzene rings is 3. The zero-order valence-electron chi connectivity index (χ0n) is 19.7. The Morgan fingerprint density at radius 1 is 1.00 bits per heavy atom. The molecular formula is C29H30N2O4. The van der Waals surface area contributed by atoms with E-state index in [1.807, 2.05) is 71.6 Å². The predicted molar refractivity (Wildman–Crippen MR) is 136 cm³/mol. The largest absolute Gasteiger partial charge is 0.483 e. The lowest BCUT2D eigenvalue weighted by atomic mass is 9.90. The summed E-state index contributed by atoms with van der Waals surface area (Å²) in [6.45, 7) is 1.66. The van der Waals surface area contributed by atoms with Crippen LogP contribution >= 0.6 is 0 Å². The molecule has 0 bridgehead atoms. The number of anilines is 1. The first-order valence-electron chi connectivity index (χ1n) is 12.3. The van der Waals surface area contributed by atoms with Gasteiger partial charge in [0.15, 0.2) is 13.2 Å². The molecule has 35 heavy (non-hydrogen) atoms. The molecule has 0 saturated carbocycles. The molecule has 0 unspecified atom stereocenters. The lowest BCUT2D eigenvalue weighted by Gasteiger charge is -2.32. The summed E-state index contributed by atoms with van der Waals surface area (Å²) in [5.41, 5.74) is 4.02. The van der Waals surface area contributed by atoms with Crippen LogP contribution in [0.5, 0.6) is 11.5 Å².